The predicted octanol–water partition coefficient (Wildman–Crippen LogP) is 2.72. The van der Waals surface area contributed by atoms with E-state index in [0.29, 0.717) is 17.9 Å². The van der Waals surface area contributed by atoms with Crippen molar-refractivity contribution in [3.05, 3.63) is 82.2 Å². The number of aryl methyl sites for hydroxylation is 3. The summed E-state index contributed by atoms with van der Waals surface area (Å²) in [6.45, 7) is 10.7. The molecule has 162 valence electrons. The first-order chi connectivity index (χ1) is 15.0. The Morgan fingerprint density at radius 3 is 2.58 bits per heavy atom. The summed E-state index contributed by atoms with van der Waals surface area (Å²) in [4.78, 5) is 16.5. The average Bonchev–Trinajstić information content (AvgIpc) is 3.10. The van der Waals surface area contributed by atoms with Gasteiger partial charge in [-0.1, -0.05) is 41.1 Å². The molecule has 3 aromatic rings. The Kier molecular flexibility index (Phi) is 6.37. The van der Waals surface area contributed by atoms with Crippen LogP contribution in [0.2, 0.25) is 0 Å². The summed E-state index contributed by atoms with van der Waals surface area (Å²) in [5.41, 5.74) is 5.10. The Hall–Kier alpha value is -3.12. The van der Waals surface area contributed by atoms with E-state index in [1.54, 1.807) is 0 Å². The summed E-state index contributed by atoms with van der Waals surface area (Å²) in [7, 11) is 0. The molecule has 4 rings (SSSR count). The molecule has 2 aromatic carbocycles. The lowest BCUT2D eigenvalue weighted by Crippen LogP contribution is -3.13. The molecule has 0 saturated carbocycles. The van der Waals surface area contributed by atoms with Gasteiger partial charge in [-0.15, -0.1) is 0 Å². The van der Waals surface area contributed by atoms with E-state index < -0.39 is 0 Å². The molecule has 6 heteroatoms. The molecule has 1 N–H and O–H groups in total. The number of benzene rings is 2. The Morgan fingerprint density at radius 2 is 1.87 bits per heavy atom. The molecule has 2 heterocycles. The Bertz CT molecular complexity index is 1030. The van der Waals surface area contributed by atoms with Crippen LogP contribution in [0.3, 0.4) is 0 Å². The standard InChI is InChI=1S/C25H29N3O3/c1-18-6-4-7-21(14-18)16-27-10-12-28(13-11-27)25(29)22-8-5-9-23(15-22)30-17-24-19(2)26-31-20(24)3/h4-9,14-15H,10-13,16-17H2,1-3H3/p+1. The van der Waals surface area contributed by atoms with Crippen LogP contribution in [0.4, 0.5) is 0 Å². The van der Waals surface area contributed by atoms with Crippen LogP contribution >= 0.6 is 0 Å². The monoisotopic (exact) mass is 420 g/mol. The van der Waals surface area contributed by atoms with E-state index in [9.17, 15) is 4.79 Å². The Morgan fingerprint density at radius 1 is 1.10 bits per heavy atom. The van der Waals surface area contributed by atoms with Crippen molar-refractivity contribution in [1.82, 2.24) is 10.1 Å². The molecule has 0 spiro atoms. The molecule has 31 heavy (non-hydrogen) atoms. The van der Waals surface area contributed by atoms with Gasteiger partial charge in [-0.05, 0) is 39.0 Å². The summed E-state index contributed by atoms with van der Waals surface area (Å²) < 4.78 is 11.1. The van der Waals surface area contributed by atoms with Gasteiger partial charge in [0, 0.05) is 11.1 Å². The maximum Gasteiger partial charge on any atom is 0.254 e. The summed E-state index contributed by atoms with van der Waals surface area (Å²) >= 11 is 0. The number of hydrogen-bond donors (Lipinski definition) is 1. The van der Waals surface area contributed by atoms with Crippen LogP contribution in [0.25, 0.3) is 0 Å². The second kappa shape index (κ2) is 9.35. The van der Waals surface area contributed by atoms with Crippen molar-refractivity contribution in [3.63, 3.8) is 0 Å². The average molecular weight is 421 g/mol. The zero-order valence-corrected chi connectivity index (χ0v) is 18.5. The molecule has 1 amide bonds. The number of quaternary nitrogens is 1. The molecule has 0 aliphatic carbocycles. The minimum absolute atomic E-state index is 0.0670. The lowest BCUT2D eigenvalue weighted by atomic mass is 10.1. The lowest BCUT2D eigenvalue weighted by molar-refractivity contribution is -0.917. The largest absolute Gasteiger partial charge is 0.489 e. The molecular formula is C25H30N3O3+. The first-order valence-corrected chi connectivity index (χ1v) is 10.8. The van der Waals surface area contributed by atoms with Crippen LogP contribution in [0.1, 0.15) is 38.5 Å². The van der Waals surface area contributed by atoms with Crippen LogP contribution in [0, 0.1) is 20.8 Å². The van der Waals surface area contributed by atoms with Gasteiger partial charge in [-0.2, -0.15) is 0 Å². The fourth-order valence-corrected chi connectivity index (χ4v) is 4.08. The Labute approximate surface area is 183 Å². The number of nitrogens with one attached hydrogen (secondary N) is 1. The van der Waals surface area contributed by atoms with E-state index in [2.05, 4.69) is 36.3 Å². The predicted molar refractivity (Wildman–Crippen MR) is 118 cm³/mol. The number of hydrogen-bond acceptors (Lipinski definition) is 4. The highest BCUT2D eigenvalue weighted by molar-refractivity contribution is 5.94. The zero-order valence-electron chi connectivity index (χ0n) is 18.5. The van der Waals surface area contributed by atoms with Gasteiger partial charge in [0.1, 0.15) is 24.7 Å². The fraction of sp³-hybridized carbons (Fsp3) is 0.360. The summed E-state index contributed by atoms with van der Waals surface area (Å²) in [6.07, 6.45) is 0. The molecule has 1 aliphatic rings. The maximum atomic E-state index is 13.0. The molecule has 1 aliphatic heterocycles. The number of ether oxygens (including phenoxy) is 1. The number of piperazine rings is 1. The van der Waals surface area contributed by atoms with Gasteiger partial charge >= 0.3 is 0 Å². The normalized spacial score (nSPS) is 14.6. The number of carbonyl (C=O) groups excluding carboxylic acids is 1. The summed E-state index contributed by atoms with van der Waals surface area (Å²) in [6, 6.07) is 16.1. The number of amides is 1. The third-order valence-corrected chi connectivity index (χ3v) is 5.94. The maximum absolute atomic E-state index is 13.0. The van der Waals surface area contributed by atoms with E-state index in [0.717, 1.165) is 49.7 Å². The molecule has 0 atom stereocenters. The quantitative estimate of drug-likeness (QED) is 0.666. The van der Waals surface area contributed by atoms with Crippen molar-refractivity contribution in [3.8, 4) is 5.75 Å². The van der Waals surface area contributed by atoms with Crippen molar-refractivity contribution in [2.45, 2.75) is 33.9 Å². The first kappa shape index (κ1) is 21.1. The number of carbonyl (C=O) groups is 1. The van der Waals surface area contributed by atoms with Crippen molar-refractivity contribution in [1.29, 1.82) is 0 Å². The van der Waals surface area contributed by atoms with Crippen LogP contribution in [-0.2, 0) is 13.2 Å². The second-order valence-electron chi connectivity index (χ2n) is 8.33. The first-order valence-electron chi connectivity index (χ1n) is 10.8. The fourth-order valence-electron chi connectivity index (χ4n) is 4.08. The van der Waals surface area contributed by atoms with Gasteiger partial charge < -0.3 is 19.1 Å². The number of aromatic nitrogens is 1. The highest BCUT2D eigenvalue weighted by Crippen LogP contribution is 2.19. The molecule has 0 bridgehead atoms. The van der Waals surface area contributed by atoms with Gasteiger partial charge in [-0.25, -0.2) is 0 Å². The van der Waals surface area contributed by atoms with Gasteiger partial charge in [0.15, 0.2) is 0 Å². The van der Waals surface area contributed by atoms with Crippen molar-refractivity contribution in [2.75, 3.05) is 26.2 Å². The highest BCUT2D eigenvalue weighted by Gasteiger charge is 2.25. The van der Waals surface area contributed by atoms with Crippen LogP contribution in [0.5, 0.6) is 5.75 Å². The van der Waals surface area contributed by atoms with Crippen LogP contribution < -0.4 is 9.64 Å². The van der Waals surface area contributed by atoms with Gasteiger partial charge in [-0.3, -0.25) is 4.79 Å². The molecular weight excluding hydrogens is 390 g/mol. The molecule has 1 fully saturated rings. The van der Waals surface area contributed by atoms with E-state index >= 15 is 0 Å². The topological polar surface area (TPSA) is 60.0 Å². The van der Waals surface area contributed by atoms with Crippen molar-refractivity contribution < 1.29 is 19.0 Å². The minimum atomic E-state index is 0.0670. The molecule has 0 radical (unpaired) electrons. The highest BCUT2D eigenvalue weighted by atomic mass is 16.5. The van der Waals surface area contributed by atoms with Gasteiger partial charge in [0.2, 0.25) is 0 Å². The van der Waals surface area contributed by atoms with E-state index in [-0.39, 0.29) is 5.91 Å². The van der Waals surface area contributed by atoms with Gasteiger partial charge in [0.25, 0.3) is 5.91 Å². The number of rotatable bonds is 6. The lowest BCUT2D eigenvalue weighted by Gasteiger charge is -2.32. The van der Waals surface area contributed by atoms with E-state index in [1.165, 1.54) is 16.0 Å². The zero-order chi connectivity index (χ0) is 21.8. The van der Waals surface area contributed by atoms with Crippen LogP contribution in [-0.4, -0.2) is 42.1 Å². The Balaban J connectivity index is 1.33. The SMILES string of the molecule is Cc1cccc(C[NH+]2CCN(C(=O)c3cccc(OCc4c(C)noc4C)c3)CC2)c1. The molecule has 0 unspecified atom stereocenters. The smallest absolute Gasteiger partial charge is 0.254 e. The molecule has 6 nitrogen and oxygen atoms in total. The molecule has 1 saturated heterocycles. The minimum Gasteiger partial charge on any atom is -0.489 e. The van der Waals surface area contributed by atoms with Gasteiger partial charge in [0.05, 0.1) is 37.4 Å². The third kappa shape index (κ3) is 5.14. The van der Waals surface area contributed by atoms with E-state index in [4.69, 9.17) is 9.26 Å². The summed E-state index contributed by atoms with van der Waals surface area (Å²) in [5, 5.41) is 3.95. The number of nitrogens with zero attached hydrogens (tertiary/aromatic N) is 2. The molecule has 1 aromatic heterocycles. The van der Waals surface area contributed by atoms with Crippen molar-refractivity contribution in [2.24, 2.45) is 0 Å². The van der Waals surface area contributed by atoms with Crippen molar-refractivity contribution >= 4 is 5.91 Å². The van der Waals surface area contributed by atoms with Crippen LogP contribution in [0.15, 0.2) is 53.1 Å². The second-order valence-corrected chi connectivity index (χ2v) is 8.33. The van der Waals surface area contributed by atoms with E-state index in [1.807, 2.05) is 43.0 Å². The third-order valence-electron chi connectivity index (χ3n) is 5.94. The summed E-state index contributed by atoms with van der Waals surface area (Å²) in [5.74, 6) is 1.50.